The molecule has 27 heavy (non-hydrogen) atoms. The summed E-state index contributed by atoms with van der Waals surface area (Å²) in [5.74, 6) is -0.175. The van der Waals surface area contributed by atoms with Crippen molar-refractivity contribution in [3.05, 3.63) is 82.0 Å². The third-order valence-corrected chi connectivity index (χ3v) is 5.32. The van der Waals surface area contributed by atoms with E-state index < -0.39 is 0 Å². The number of carbonyl (C=O) groups excluding carboxylic acids is 1. The van der Waals surface area contributed by atoms with E-state index in [0.29, 0.717) is 24.3 Å². The van der Waals surface area contributed by atoms with Crippen LogP contribution in [0.2, 0.25) is 0 Å². The third-order valence-electron chi connectivity index (χ3n) is 4.38. The molecule has 0 saturated heterocycles. The van der Waals surface area contributed by atoms with Gasteiger partial charge >= 0.3 is 4.87 Å². The monoisotopic (exact) mass is 378 g/mol. The van der Waals surface area contributed by atoms with Crippen LogP contribution in [0.5, 0.6) is 0 Å². The minimum atomic E-state index is -0.175. The van der Waals surface area contributed by atoms with Gasteiger partial charge in [-0.1, -0.05) is 23.5 Å². The van der Waals surface area contributed by atoms with Gasteiger partial charge in [0.2, 0.25) is 0 Å². The molecule has 0 spiro atoms. The molecule has 2 heterocycles. The fraction of sp³-hybridized carbons (Fsp3) is 0.150. The summed E-state index contributed by atoms with van der Waals surface area (Å²) in [7, 11) is 0. The first-order chi connectivity index (χ1) is 13.1. The molecule has 6 nitrogen and oxygen atoms in total. The zero-order valence-corrected chi connectivity index (χ0v) is 15.6. The van der Waals surface area contributed by atoms with Crippen LogP contribution in [0.25, 0.3) is 10.2 Å². The number of aromatic nitrogens is 3. The van der Waals surface area contributed by atoms with E-state index in [1.165, 1.54) is 11.3 Å². The number of imidazole rings is 1. The van der Waals surface area contributed by atoms with Crippen molar-refractivity contribution in [1.82, 2.24) is 14.1 Å². The lowest BCUT2D eigenvalue weighted by atomic mass is 10.1. The number of benzene rings is 2. The third kappa shape index (κ3) is 3.54. The van der Waals surface area contributed by atoms with Gasteiger partial charge in [0.15, 0.2) is 0 Å². The fourth-order valence-electron chi connectivity index (χ4n) is 3.00. The Kier molecular flexibility index (Phi) is 4.60. The molecule has 0 bridgehead atoms. The molecule has 2 aromatic heterocycles. The van der Waals surface area contributed by atoms with Crippen molar-refractivity contribution in [3.8, 4) is 0 Å². The molecule has 0 atom stereocenters. The van der Waals surface area contributed by atoms with Gasteiger partial charge in [-0.15, -0.1) is 0 Å². The van der Waals surface area contributed by atoms with Gasteiger partial charge in [0, 0.05) is 36.7 Å². The van der Waals surface area contributed by atoms with Gasteiger partial charge in [0.05, 0.1) is 16.5 Å². The molecule has 4 rings (SSSR count). The highest BCUT2D eigenvalue weighted by Gasteiger charge is 2.10. The lowest BCUT2D eigenvalue weighted by Crippen LogP contribution is -2.12. The lowest BCUT2D eigenvalue weighted by Gasteiger charge is -2.07. The summed E-state index contributed by atoms with van der Waals surface area (Å²) in [5.41, 5.74) is 3.26. The number of hydrogen-bond acceptors (Lipinski definition) is 4. The number of amides is 1. The van der Waals surface area contributed by atoms with Gasteiger partial charge < -0.3 is 9.88 Å². The molecule has 0 aliphatic rings. The predicted octanol–water partition coefficient (Wildman–Crippen LogP) is 3.58. The molecule has 0 fully saturated rings. The lowest BCUT2D eigenvalue weighted by molar-refractivity contribution is 0.102. The molecular formula is C20H18N4O2S. The Morgan fingerprint density at radius 2 is 2.00 bits per heavy atom. The van der Waals surface area contributed by atoms with Crippen LogP contribution >= 0.6 is 11.3 Å². The average molecular weight is 378 g/mol. The number of anilines is 1. The summed E-state index contributed by atoms with van der Waals surface area (Å²) in [6.45, 7) is 3.29. The molecule has 136 valence electrons. The zero-order valence-electron chi connectivity index (χ0n) is 14.8. The number of rotatable bonds is 5. The fourth-order valence-corrected chi connectivity index (χ4v) is 3.99. The second kappa shape index (κ2) is 7.20. The Morgan fingerprint density at radius 3 is 2.70 bits per heavy atom. The van der Waals surface area contributed by atoms with Crippen molar-refractivity contribution in [2.24, 2.45) is 0 Å². The molecule has 4 aromatic rings. The summed E-state index contributed by atoms with van der Waals surface area (Å²) >= 11 is 1.19. The first-order valence-corrected chi connectivity index (χ1v) is 9.45. The topological polar surface area (TPSA) is 68.9 Å². The van der Waals surface area contributed by atoms with Gasteiger partial charge in [-0.05, 0) is 42.8 Å². The maximum atomic E-state index is 12.5. The molecule has 0 saturated carbocycles. The molecule has 7 heteroatoms. The molecule has 0 aliphatic carbocycles. The summed E-state index contributed by atoms with van der Waals surface area (Å²) in [4.78, 5) is 28.5. The van der Waals surface area contributed by atoms with E-state index in [2.05, 4.69) is 10.3 Å². The van der Waals surface area contributed by atoms with Gasteiger partial charge in [0.1, 0.15) is 0 Å². The second-order valence-corrected chi connectivity index (χ2v) is 7.17. The number of nitrogens with zero attached hydrogens (tertiary/aromatic N) is 3. The smallest absolute Gasteiger partial charge is 0.308 e. The van der Waals surface area contributed by atoms with E-state index in [1.54, 1.807) is 17.1 Å². The van der Waals surface area contributed by atoms with Crippen LogP contribution in [-0.2, 0) is 13.1 Å². The molecular weight excluding hydrogens is 360 g/mol. The summed E-state index contributed by atoms with van der Waals surface area (Å²) in [6, 6.07) is 13.0. The largest absolute Gasteiger partial charge is 0.333 e. The van der Waals surface area contributed by atoms with Crippen LogP contribution in [0, 0.1) is 0 Å². The quantitative estimate of drug-likeness (QED) is 0.577. The van der Waals surface area contributed by atoms with Crippen molar-refractivity contribution in [3.63, 3.8) is 0 Å². The van der Waals surface area contributed by atoms with E-state index in [9.17, 15) is 9.59 Å². The highest BCUT2D eigenvalue weighted by atomic mass is 32.1. The van der Waals surface area contributed by atoms with Crippen LogP contribution < -0.4 is 10.2 Å². The summed E-state index contributed by atoms with van der Waals surface area (Å²) in [5, 5.41) is 2.90. The van der Waals surface area contributed by atoms with Crippen LogP contribution in [0.1, 0.15) is 22.8 Å². The normalized spacial score (nSPS) is 11.0. The second-order valence-electron chi connectivity index (χ2n) is 6.18. The summed E-state index contributed by atoms with van der Waals surface area (Å²) < 4.78 is 4.57. The van der Waals surface area contributed by atoms with Crippen molar-refractivity contribution < 1.29 is 4.79 Å². The Hall–Kier alpha value is -3.19. The molecule has 0 aliphatic heterocycles. The SMILES string of the molecule is CCn1c(=O)sc2cc(NC(=O)c3ccc(Cn4ccnc4)cc3)ccc21. The molecule has 1 N–H and O–H groups in total. The van der Waals surface area contributed by atoms with Crippen LogP contribution in [0.15, 0.2) is 66.0 Å². The number of thiazole rings is 1. The Balaban J connectivity index is 1.50. The van der Waals surface area contributed by atoms with Crippen molar-refractivity contribution in [2.75, 3.05) is 5.32 Å². The van der Waals surface area contributed by atoms with Crippen molar-refractivity contribution in [2.45, 2.75) is 20.0 Å². The minimum absolute atomic E-state index is 0.0180. The molecule has 1 amide bonds. The molecule has 0 radical (unpaired) electrons. The van der Waals surface area contributed by atoms with E-state index >= 15 is 0 Å². The maximum absolute atomic E-state index is 12.5. The summed E-state index contributed by atoms with van der Waals surface area (Å²) in [6.07, 6.45) is 5.40. The van der Waals surface area contributed by atoms with Crippen LogP contribution in [-0.4, -0.2) is 20.0 Å². The Labute approximate surface area is 159 Å². The van der Waals surface area contributed by atoms with E-state index in [1.807, 2.05) is 60.2 Å². The average Bonchev–Trinajstić information content (AvgIpc) is 3.28. The van der Waals surface area contributed by atoms with Gasteiger partial charge in [-0.3, -0.25) is 14.2 Å². The minimum Gasteiger partial charge on any atom is -0.333 e. The van der Waals surface area contributed by atoms with Gasteiger partial charge in [-0.2, -0.15) is 0 Å². The number of hydrogen-bond donors (Lipinski definition) is 1. The first kappa shape index (κ1) is 17.2. The van der Waals surface area contributed by atoms with E-state index in [-0.39, 0.29) is 10.8 Å². The standard InChI is InChI=1S/C20H18N4O2S/c1-2-24-17-8-7-16(11-18(17)27-20(24)26)22-19(25)15-5-3-14(4-6-15)12-23-10-9-21-13-23/h3-11,13H,2,12H2,1H3,(H,22,25). The van der Waals surface area contributed by atoms with Gasteiger partial charge in [0.25, 0.3) is 5.91 Å². The number of fused-ring (bicyclic) bond motifs is 1. The van der Waals surface area contributed by atoms with E-state index in [4.69, 9.17) is 0 Å². The van der Waals surface area contributed by atoms with Crippen LogP contribution in [0.3, 0.4) is 0 Å². The highest BCUT2D eigenvalue weighted by molar-refractivity contribution is 7.16. The zero-order chi connectivity index (χ0) is 18.8. The van der Waals surface area contributed by atoms with Crippen molar-refractivity contribution in [1.29, 1.82) is 0 Å². The first-order valence-electron chi connectivity index (χ1n) is 8.63. The Morgan fingerprint density at radius 1 is 1.19 bits per heavy atom. The maximum Gasteiger partial charge on any atom is 0.308 e. The van der Waals surface area contributed by atoms with Gasteiger partial charge in [-0.25, -0.2) is 4.98 Å². The van der Waals surface area contributed by atoms with E-state index in [0.717, 1.165) is 15.8 Å². The number of aryl methyl sites for hydroxylation is 1. The number of nitrogens with one attached hydrogen (secondary N) is 1. The predicted molar refractivity (Wildman–Crippen MR) is 107 cm³/mol. The van der Waals surface area contributed by atoms with Crippen LogP contribution in [0.4, 0.5) is 5.69 Å². The Bertz CT molecular complexity index is 1140. The molecule has 0 unspecified atom stereocenters. The van der Waals surface area contributed by atoms with Crippen molar-refractivity contribution >= 4 is 33.1 Å². The number of carbonyl (C=O) groups is 1. The molecule has 2 aromatic carbocycles. The highest BCUT2D eigenvalue weighted by Crippen LogP contribution is 2.22.